The molecule has 0 fully saturated rings. The van der Waals surface area contributed by atoms with Crippen LogP contribution in [0.25, 0.3) is 11.0 Å². The van der Waals surface area contributed by atoms with Crippen molar-refractivity contribution in [3.05, 3.63) is 46.5 Å². The van der Waals surface area contributed by atoms with Crippen molar-refractivity contribution in [1.29, 1.82) is 0 Å². The molecule has 5 heteroatoms. The molecule has 0 aliphatic heterocycles. The predicted molar refractivity (Wildman–Crippen MR) is 56.6 cm³/mol. The maximum absolute atomic E-state index is 10.5. The van der Waals surface area contributed by atoms with Gasteiger partial charge in [0.25, 0.3) is 0 Å². The summed E-state index contributed by atoms with van der Waals surface area (Å²) in [7, 11) is 0. The van der Waals surface area contributed by atoms with Crippen LogP contribution >= 0.6 is 0 Å². The zero-order valence-electron chi connectivity index (χ0n) is 7.93. The first-order valence-corrected chi connectivity index (χ1v) is 4.45. The van der Waals surface area contributed by atoms with Crippen LogP contribution in [0, 0.1) is 10.1 Å². The van der Waals surface area contributed by atoms with Gasteiger partial charge in [0.1, 0.15) is 5.52 Å². The summed E-state index contributed by atoms with van der Waals surface area (Å²) in [6.07, 6.45) is 2.40. The minimum Gasteiger partial charge on any atom is -0.390 e. The van der Waals surface area contributed by atoms with Crippen LogP contribution in [0.4, 0.5) is 5.95 Å². The van der Waals surface area contributed by atoms with E-state index in [-0.39, 0.29) is 5.95 Å². The molecule has 0 aliphatic rings. The molecule has 0 spiro atoms. The Kier molecular flexibility index (Phi) is 2.21. The van der Waals surface area contributed by atoms with E-state index >= 15 is 0 Å². The third-order valence-electron chi connectivity index (χ3n) is 2.12. The van der Waals surface area contributed by atoms with Crippen molar-refractivity contribution in [2.45, 2.75) is 6.42 Å². The van der Waals surface area contributed by atoms with Crippen LogP contribution in [0.3, 0.4) is 0 Å². The molecule has 1 heterocycles. The van der Waals surface area contributed by atoms with Gasteiger partial charge in [0, 0.05) is 5.56 Å². The van der Waals surface area contributed by atoms with E-state index in [0.29, 0.717) is 17.5 Å². The number of hydrogen-bond acceptors (Lipinski definition) is 3. The highest BCUT2D eigenvalue weighted by atomic mass is 16.6. The third kappa shape index (κ3) is 1.59. The van der Waals surface area contributed by atoms with Gasteiger partial charge in [0.2, 0.25) is 0 Å². The molecule has 0 amide bonds. The van der Waals surface area contributed by atoms with Gasteiger partial charge in [-0.3, -0.25) is 0 Å². The molecule has 2 aromatic rings. The van der Waals surface area contributed by atoms with Gasteiger partial charge in [-0.25, -0.2) is 4.98 Å². The van der Waals surface area contributed by atoms with E-state index in [9.17, 15) is 10.1 Å². The highest BCUT2D eigenvalue weighted by Crippen LogP contribution is 2.20. The number of para-hydroxylation sites is 1. The van der Waals surface area contributed by atoms with Crippen LogP contribution in [0.2, 0.25) is 0 Å². The summed E-state index contributed by atoms with van der Waals surface area (Å²) in [6.45, 7) is 3.63. The summed E-state index contributed by atoms with van der Waals surface area (Å²) in [4.78, 5) is 16.6. The largest absolute Gasteiger partial charge is 0.433 e. The standard InChI is InChI=1S/C10H9N3O2/c1-2-4-7-5-3-6-8-9(7)12-10(11-8)13(14)15/h2-3,5-6H,1,4H2,(H,11,12). The summed E-state index contributed by atoms with van der Waals surface area (Å²) in [5.74, 6) is -0.221. The molecule has 0 aliphatic carbocycles. The van der Waals surface area contributed by atoms with Crippen molar-refractivity contribution in [3.63, 3.8) is 0 Å². The van der Waals surface area contributed by atoms with Crippen molar-refractivity contribution < 1.29 is 4.92 Å². The number of fused-ring (bicyclic) bond motifs is 1. The fraction of sp³-hybridized carbons (Fsp3) is 0.100. The molecule has 0 bridgehead atoms. The highest BCUT2D eigenvalue weighted by molar-refractivity contribution is 5.80. The Hall–Kier alpha value is -2.17. The molecule has 1 aromatic carbocycles. The molecule has 15 heavy (non-hydrogen) atoms. The maximum Gasteiger partial charge on any atom is 0.433 e. The Labute approximate surface area is 85.6 Å². The molecular formula is C10H9N3O2. The summed E-state index contributed by atoms with van der Waals surface area (Å²) in [5, 5.41) is 10.5. The average Bonchev–Trinajstić information content (AvgIpc) is 2.63. The van der Waals surface area contributed by atoms with Crippen LogP contribution < -0.4 is 0 Å². The molecule has 2 rings (SSSR count). The molecule has 0 unspecified atom stereocenters. The Morgan fingerprint density at radius 3 is 3.07 bits per heavy atom. The van der Waals surface area contributed by atoms with Crippen LogP contribution in [0.15, 0.2) is 30.9 Å². The van der Waals surface area contributed by atoms with Crippen molar-refractivity contribution in [3.8, 4) is 0 Å². The van der Waals surface area contributed by atoms with E-state index in [1.165, 1.54) is 0 Å². The number of rotatable bonds is 3. The van der Waals surface area contributed by atoms with Gasteiger partial charge >= 0.3 is 5.95 Å². The first kappa shape index (κ1) is 9.39. The zero-order valence-corrected chi connectivity index (χ0v) is 7.93. The molecule has 1 aromatic heterocycles. The number of benzene rings is 1. The predicted octanol–water partition coefficient (Wildman–Crippen LogP) is 2.20. The number of aromatic amines is 1. The number of H-pyrrole nitrogens is 1. The molecule has 0 radical (unpaired) electrons. The molecule has 76 valence electrons. The summed E-state index contributed by atoms with van der Waals surface area (Å²) < 4.78 is 0. The molecule has 0 saturated heterocycles. The van der Waals surface area contributed by atoms with Gasteiger partial charge in [-0.15, -0.1) is 6.58 Å². The van der Waals surface area contributed by atoms with E-state index in [2.05, 4.69) is 16.5 Å². The van der Waals surface area contributed by atoms with Gasteiger partial charge < -0.3 is 10.1 Å². The van der Waals surface area contributed by atoms with Crippen molar-refractivity contribution in [2.24, 2.45) is 0 Å². The lowest BCUT2D eigenvalue weighted by atomic mass is 10.1. The molecule has 5 nitrogen and oxygen atoms in total. The van der Waals surface area contributed by atoms with E-state index < -0.39 is 4.92 Å². The fourth-order valence-corrected chi connectivity index (χ4v) is 1.49. The van der Waals surface area contributed by atoms with Gasteiger partial charge in [0.05, 0.1) is 0 Å². The van der Waals surface area contributed by atoms with E-state index in [4.69, 9.17) is 0 Å². The minimum absolute atomic E-state index is 0.221. The number of hydrogen-bond donors (Lipinski definition) is 1. The molecular weight excluding hydrogens is 194 g/mol. The quantitative estimate of drug-likeness (QED) is 0.472. The van der Waals surface area contributed by atoms with Crippen molar-refractivity contribution in [1.82, 2.24) is 9.97 Å². The first-order chi connectivity index (χ1) is 7.22. The topological polar surface area (TPSA) is 71.8 Å². The van der Waals surface area contributed by atoms with E-state index in [1.54, 1.807) is 12.1 Å². The maximum atomic E-state index is 10.5. The number of aromatic nitrogens is 2. The minimum atomic E-state index is -0.530. The summed E-state index contributed by atoms with van der Waals surface area (Å²) in [5.41, 5.74) is 2.26. The van der Waals surface area contributed by atoms with Crippen molar-refractivity contribution in [2.75, 3.05) is 0 Å². The summed E-state index contributed by atoms with van der Waals surface area (Å²) in [6, 6.07) is 5.49. The third-order valence-corrected chi connectivity index (χ3v) is 2.12. The molecule has 1 N–H and O–H groups in total. The van der Waals surface area contributed by atoms with Crippen molar-refractivity contribution >= 4 is 17.0 Å². The molecule has 0 saturated carbocycles. The smallest absolute Gasteiger partial charge is 0.390 e. The number of allylic oxidation sites excluding steroid dienone is 1. The summed E-state index contributed by atoms with van der Waals surface area (Å²) >= 11 is 0. The zero-order chi connectivity index (χ0) is 10.8. The van der Waals surface area contributed by atoms with Crippen LogP contribution in [0.1, 0.15) is 5.56 Å². The Bertz CT molecular complexity index is 530. The van der Waals surface area contributed by atoms with Crippen LogP contribution in [0.5, 0.6) is 0 Å². The first-order valence-electron chi connectivity index (χ1n) is 4.45. The Morgan fingerprint density at radius 2 is 2.40 bits per heavy atom. The van der Waals surface area contributed by atoms with Gasteiger partial charge in [-0.1, -0.05) is 23.2 Å². The van der Waals surface area contributed by atoms with E-state index in [0.717, 1.165) is 5.56 Å². The average molecular weight is 203 g/mol. The lowest BCUT2D eigenvalue weighted by molar-refractivity contribution is -0.393. The fourth-order valence-electron chi connectivity index (χ4n) is 1.49. The second-order valence-electron chi connectivity index (χ2n) is 3.12. The second-order valence-corrected chi connectivity index (χ2v) is 3.12. The van der Waals surface area contributed by atoms with Gasteiger partial charge in [-0.05, 0) is 17.4 Å². The number of imidazole rings is 1. The lowest BCUT2D eigenvalue weighted by Gasteiger charge is -1.92. The lowest BCUT2D eigenvalue weighted by Crippen LogP contribution is -1.89. The van der Waals surface area contributed by atoms with Crippen LogP contribution in [-0.2, 0) is 6.42 Å². The Morgan fingerprint density at radius 1 is 1.60 bits per heavy atom. The number of nitrogens with one attached hydrogen (secondary N) is 1. The van der Waals surface area contributed by atoms with Gasteiger partial charge in [0.15, 0.2) is 5.52 Å². The molecule has 0 atom stereocenters. The van der Waals surface area contributed by atoms with Crippen LogP contribution in [-0.4, -0.2) is 14.9 Å². The highest BCUT2D eigenvalue weighted by Gasteiger charge is 2.15. The Balaban J connectivity index is 2.63. The SMILES string of the molecule is C=CCc1cccc2[nH]c([N+](=O)[O-])nc12. The number of nitrogens with zero attached hydrogens (tertiary/aromatic N) is 2. The van der Waals surface area contributed by atoms with Gasteiger partial charge in [-0.2, -0.15) is 0 Å². The normalized spacial score (nSPS) is 10.4. The number of nitro groups is 1. The monoisotopic (exact) mass is 203 g/mol. The second kappa shape index (κ2) is 3.53. The van der Waals surface area contributed by atoms with E-state index in [1.807, 2.05) is 12.1 Å².